The van der Waals surface area contributed by atoms with Crippen LogP contribution in [0.3, 0.4) is 0 Å². The molecule has 1 amide bonds. The zero-order valence-corrected chi connectivity index (χ0v) is 16.3. The Morgan fingerprint density at radius 3 is 2.78 bits per heavy atom. The summed E-state index contributed by atoms with van der Waals surface area (Å²) < 4.78 is 11.1. The monoisotopic (exact) mass is 391 g/mol. The third-order valence-corrected chi connectivity index (χ3v) is 6.29. The fourth-order valence-corrected chi connectivity index (χ4v) is 4.40. The number of aromatic nitrogens is 2. The number of piperazine rings is 1. The largest absolute Gasteiger partial charge is 0.368 e. The van der Waals surface area contributed by atoms with Gasteiger partial charge in [-0.1, -0.05) is 11.2 Å². The molecule has 4 rings (SSSR count). The van der Waals surface area contributed by atoms with Crippen molar-refractivity contribution in [3.8, 4) is 10.7 Å². The van der Waals surface area contributed by atoms with E-state index in [1.165, 1.54) is 0 Å². The number of hydrogen-bond donors (Lipinski definition) is 1. The Bertz CT molecular complexity index is 749. The number of hydrogen-bond acceptors (Lipinski definition) is 8. The Morgan fingerprint density at radius 2 is 2.11 bits per heavy atom. The van der Waals surface area contributed by atoms with E-state index in [0.717, 1.165) is 43.9 Å². The van der Waals surface area contributed by atoms with Crippen molar-refractivity contribution in [1.29, 1.82) is 0 Å². The number of thiophene rings is 1. The van der Waals surface area contributed by atoms with Crippen LogP contribution in [-0.4, -0.2) is 77.8 Å². The molecule has 4 heterocycles. The van der Waals surface area contributed by atoms with Crippen LogP contribution < -0.4 is 5.32 Å². The summed E-state index contributed by atoms with van der Waals surface area (Å²) in [6.45, 7) is 5.24. The first-order chi connectivity index (χ1) is 13.2. The van der Waals surface area contributed by atoms with Crippen molar-refractivity contribution in [2.24, 2.45) is 0 Å². The van der Waals surface area contributed by atoms with Gasteiger partial charge in [0.25, 0.3) is 5.91 Å². The number of nitrogens with zero attached hydrogens (tertiary/aromatic N) is 4. The van der Waals surface area contributed by atoms with Crippen LogP contribution in [-0.2, 0) is 16.1 Å². The molecule has 2 aliphatic rings. The Hall–Kier alpha value is -1.81. The Morgan fingerprint density at radius 1 is 1.33 bits per heavy atom. The van der Waals surface area contributed by atoms with Crippen molar-refractivity contribution in [3.05, 3.63) is 23.4 Å². The molecule has 2 fully saturated rings. The van der Waals surface area contributed by atoms with E-state index in [0.29, 0.717) is 31.3 Å². The van der Waals surface area contributed by atoms with Crippen LogP contribution in [0.15, 0.2) is 22.0 Å². The minimum absolute atomic E-state index is 0.129. The molecule has 2 aromatic heterocycles. The third kappa shape index (κ3) is 3.91. The van der Waals surface area contributed by atoms with Gasteiger partial charge in [-0.05, 0) is 37.4 Å². The normalized spacial score (nSPS) is 20.7. The standard InChI is InChI=1S/C18H25N5O3S/c1-25-18(4-6-19-7-5-18)17(24)23-10-8-22(9-11-23)13-15-20-16(21-26-15)14-3-2-12-27-14/h2-3,12,19H,4-11,13H2,1H3. The zero-order chi connectivity index (χ0) is 18.7. The summed E-state index contributed by atoms with van der Waals surface area (Å²) in [4.78, 5) is 22.7. The van der Waals surface area contributed by atoms with Gasteiger partial charge in [0.15, 0.2) is 0 Å². The number of piperidine rings is 1. The molecule has 2 aromatic rings. The van der Waals surface area contributed by atoms with Gasteiger partial charge < -0.3 is 19.5 Å². The van der Waals surface area contributed by atoms with Crippen molar-refractivity contribution >= 4 is 17.2 Å². The highest BCUT2D eigenvalue weighted by Gasteiger charge is 2.43. The first kappa shape index (κ1) is 18.5. The summed E-state index contributed by atoms with van der Waals surface area (Å²) >= 11 is 1.60. The second-order valence-corrected chi connectivity index (χ2v) is 7.95. The minimum Gasteiger partial charge on any atom is -0.368 e. The van der Waals surface area contributed by atoms with E-state index in [9.17, 15) is 4.79 Å². The number of carbonyl (C=O) groups is 1. The molecule has 27 heavy (non-hydrogen) atoms. The topological polar surface area (TPSA) is 83.7 Å². The molecular formula is C18H25N5O3S. The summed E-state index contributed by atoms with van der Waals surface area (Å²) in [5, 5.41) is 9.35. The quantitative estimate of drug-likeness (QED) is 0.820. The van der Waals surface area contributed by atoms with Crippen LogP contribution in [0.5, 0.6) is 0 Å². The summed E-state index contributed by atoms with van der Waals surface area (Å²) in [5.74, 6) is 1.38. The van der Waals surface area contributed by atoms with Crippen molar-refractivity contribution in [2.75, 3.05) is 46.4 Å². The lowest BCUT2D eigenvalue weighted by Crippen LogP contribution is -2.59. The molecule has 0 bridgehead atoms. The number of carbonyl (C=O) groups excluding carboxylic acids is 1. The average molecular weight is 391 g/mol. The predicted octanol–water partition coefficient (Wildman–Crippen LogP) is 1.21. The van der Waals surface area contributed by atoms with E-state index < -0.39 is 5.60 Å². The molecule has 1 N–H and O–H groups in total. The van der Waals surface area contributed by atoms with Gasteiger partial charge in [-0.15, -0.1) is 11.3 Å². The highest BCUT2D eigenvalue weighted by atomic mass is 32.1. The van der Waals surface area contributed by atoms with Crippen molar-refractivity contribution in [3.63, 3.8) is 0 Å². The summed E-state index contributed by atoms with van der Waals surface area (Å²) in [5.41, 5.74) is -0.657. The first-order valence-electron chi connectivity index (χ1n) is 9.34. The number of ether oxygens (including phenoxy) is 1. The van der Waals surface area contributed by atoms with E-state index in [2.05, 4.69) is 20.4 Å². The van der Waals surface area contributed by atoms with Gasteiger partial charge in [0, 0.05) is 33.3 Å². The molecule has 0 unspecified atom stereocenters. The van der Waals surface area contributed by atoms with Crippen LogP contribution >= 0.6 is 11.3 Å². The molecule has 0 aliphatic carbocycles. The number of nitrogens with one attached hydrogen (secondary N) is 1. The molecule has 2 saturated heterocycles. The Labute approximate surface area is 162 Å². The molecule has 0 saturated carbocycles. The lowest BCUT2D eigenvalue weighted by molar-refractivity contribution is -0.160. The van der Waals surface area contributed by atoms with E-state index >= 15 is 0 Å². The van der Waals surface area contributed by atoms with Gasteiger partial charge in [-0.3, -0.25) is 9.69 Å². The Kier molecular flexibility index (Phi) is 5.53. The minimum atomic E-state index is -0.657. The summed E-state index contributed by atoms with van der Waals surface area (Å²) in [6, 6.07) is 3.96. The SMILES string of the molecule is COC1(C(=O)N2CCN(Cc3nc(-c4cccs4)no3)CC2)CCNCC1. The third-order valence-electron chi connectivity index (χ3n) is 5.42. The van der Waals surface area contributed by atoms with E-state index in [4.69, 9.17) is 9.26 Å². The maximum atomic E-state index is 13.0. The van der Waals surface area contributed by atoms with Crippen LogP contribution in [0.25, 0.3) is 10.7 Å². The number of rotatable bonds is 5. The lowest BCUT2D eigenvalue weighted by Gasteiger charge is -2.42. The molecule has 0 spiro atoms. The van der Waals surface area contributed by atoms with E-state index in [1.54, 1.807) is 18.4 Å². The summed E-state index contributed by atoms with van der Waals surface area (Å²) in [7, 11) is 1.65. The van der Waals surface area contributed by atoms with Crippen LogP contribution in [0.2, 0.25) is 0 Å². The molecule has 8 nitrogen and oxygen atoms in total. The van der Waals surface area contributed by atoms with Gasteiger partial charge in [0.05, 0.1) is 11.4 Å². The fourth-order valence-electron chi connectivity index (χ4n) is 3.75. The molecule has 0 radical (unpaired) electrons. The Balaban J connectivity index is 1.32. The zero-order valence-electron chi connectivity index (χ0n) is 15.5. The summed E-state index contributed by atoms with van der Waals surface area (Å²) in [6.07, 6.45) is 1.46. The number of amides is 1. The van der Waals surface area contributed by atoms with Crippen LogP contribution in [0.1, 0.15) is 18.7 Å². The fraction of sp³-hybridized carbons (Fsp3) is 0.611. The number of methoxy groups -OCH3 is 1. The highest BCUT2D eigenvalue weighted by Crippen LogP contribution is 2.26. The molecule has 0 atom stereocenters. The smallest absolute Gasteiger partial charge is 0.254 e. The molecule has 0 aromatic carbocycles. The second kappa shape index (κ2) is 8.05. The van der Waals surface area contributed by atoms with Crippen molar-refractivity contribution in [1.82, 2.24) is 25.3 Å². The van der Waals surface area contributed by atoms with Gasteiger partial charge in [0.2, 0.25) is 11.7 Å². The van der Waals surface area contributed by atoms with E-state index in [1.807, 2.05) is 22.4 Å². The predicted molar refractivity (Wildman–Crippen MR) is 101 cm³/mol. The highest BCUT2D eigenvalue weighted by molar-refractivity contribution is 7.13. The van der Waals surface area contributed by atoms with Gasteiger partial charge in [0.1, 0.15) is 5.60 Å². The van der Waals surface area contributed by atoms with Crippen molar-refractivity contribution < 1.29 is 14.1 Å². The molecule has 2 aliphatic heterocycles. The molecular weight excluding hydrogens is 366 g/mol. The lowest BCUT2D eigenvalue weighted by atomic mass is 9.90. The van der Waals surface area contributed by atoms with E-state index in [-0.39, 0.29) is 5.91 Å². The maximum Gasteiger partial charge on any atom is 0.254 e. The van der Waals surface area contributed by atoms with Gasteiger partial charge >= 0.3 is 0 Å². The molecule has 146 valence electrons. The maximum absolute atomic E-state index is 13.0. The molecule has 9 heteroatoms. The van der Waals surface area contributed by atoms with Crippen LogP contribution in [0.4, 0.5) is 0 Å². The van der Waals surface area contributed by atoms with Crippen molar-refractivity contribution in [2.45, 2.75) is 25.0 Å². The average Bonchev–Trinajstić information content (AvgIpc) is 3.40. The first-order valence-corrected chi connectivity index (χ1v) is 10.2. The van der Waals surface area contributed by atoms with Crippen LogP contribution in [0, 0.1) is 0 Å². The van der Waals surface area contributed by atoms with Gasteiger partial charge in [-0.25, -0.2) is 0 Å². The second-order valence-electron chi connectivity index (χ2n) is 7.01. The van der Waals surface area contributed by atoms with Gasteiger partial charge in [-0.2, -0.15) is 4.98 Å².